The van der Waals surface area contributed by atoms with Crippen LogP contribution in [0.15, 0.2) is 24.5 Å². The van der Waals surface area contributed by atoms with E-state index >= 15 is 0 Å². The predicted octanol–water partition coefficient (Wildman–Crippen LogP) is 1.87. The molecule has 0 aromatic heterocycles. The van der Waals surface area contributed by atoms with Crippen LogP contribution in [-0.2, 0) is 4.74 Å². The lowest BCUT2D eigenvalue weighted by Gasteiger charge is -2.16. The molecule has 0 bridgehead atoms. The molecular weight excluding hydrogens is 100 g/mol. The number of rotatable bonds is 0. The van der Waals surface area contributed by atoms with Crippen molar-refractivity contribution in [1.29, 1.82) is 0 Å². The Bertz CT molecular complexity index is 124. The third-order valence-corrected chi connectivity index (χ3v) is 1.12. The Balaban J connectivity index is 2.54. The van der Waals surface area contributed by atoms with Crippen LogP contribution >= 0.6 is 0 Å². The van der Waals surface area contributed by atoms with Gasteiger partial charge in [0.2, 0.25) is 0 Å². The first-order chi connectivity index (χ1) is 3.79. The molecule has 8 heavy (non-hydrogen) atoms. The highest BCUT2D eigenvalue weighted by Crippen LogP contribution is 2.11. The smallest absolute Gasteiger partial charge is 0.112 e. The maximum absolute atomic E-state index is 5.20. The highest BCUT2D eigenvalue weighted by atomic mass is 16.5. The van der Waals surface area contributed by atoms with Crippen LogP contribution in [0.25, 0.3) is 0 Å². The molecule has 1 rings (SSSR count). The van der Waals surface area contributed by atoms with Gasteiger partial charge >= 0.3 is 0 Å². The van der Waals surface area contributed by atoms with Gasteiger partial charge in [-0.05, 0) is 13.0 Å². The molecule has 1 nitrogen and oxygen atoms in total. The molecule has 0 aliphatic carbocycles. The van der Waals surface area contributed by atoms with Crippen molar-refractivity contribution in [3.05, 3.63) is 24.5 Å². The Kier molecular flexibility index (Phi) is 1.38. The van der Waals surface area contributed by atoms with E-state index < -0.39 is 0 Å². The largest absolute Gasteiger partial charge is 0.491 e. The normalized spacial score (nSPS) is 27.6. The molecule has 0 amide bonds. The van der Waals surface area contributed by atoms with Gasteiger partial charge in [-0.15, -0.1) is 0 Å². The van der Waals surface area contributed by atoms with Crippen LogP contribution in [-0.4, -0.2) is 6.10 Å². The van der Waals surface area contributed by atoms with Crippen molar-refractivity contribution in [2.24, 2.45) is 0 Å². The fourth-order valence-corrected chi connectivity index (χ4v) is 0.737. The third kappa shape index (κ3) is 1.12. The Labute approximate surface area is 49.7 Å². The van der Waals surface area contributed by atoms with Crippen LogP contribution in [0.3, 0.4) is 0 Å². The molecule has 1 heteroatoms. The summed E-state index contributed by atoms with van der Waals surface area (Å²) in [6.07, 6.45) is 5.32. The van der Waals surface area contributed by atoms with E-state index in [2.05, 4.69) is 12.7 Å². The minimum atomic E-state index is 0.326. The molecule has 0 N–H and O–H groups in total. The summed E-state index contributed by atoms with van der Waals surface area (Å²) in [4.78, 5) is 0. The van der Waals surface area contributed by atoms with Gasteiger partial charge in [0.25, 0.3) is 0 Å². The summed E-state index contributed by atoms with van der Waals surface area (Å²) < 4.78 is 5.20. The molecule has 1 unspecified atom stereocenters. The van der Waals surface area contributed by atoms with Crippen LogP contribution in [0.1, 0.15) is 13.3 Å². The fraction of sp³-hybridized carbons (Fsp3) is 0.429. The van der Waals surface area contributed by atoms with E-state index in [-0.39, 0.29) is 0 Å². The van der Waals surface area contributed by atoms with Crippen LogP contribution < -0.4 is 0 Å². The summed E-state index contributed by atoms with van der Waals surface area (Å²) in [5, 5.41) is 0. The van der Waals surface area contributed by atoms with Gasteiger partial charge in [0.15, 0.2) is 0 Å². The Hall–Kier alpha value is -0.720. The molecule has 0 aromatic rings. The number of hydrogen-bond donors (Lipinski definition) is 0. The van der Waals surface area contributed by atoms with Crippen molar-refractivity contribution >= 4 is 0 Å². The van der Waals surface area contributed by atoms with Gasteiger partial charge in [-0.1, -0.05) is 12.7 Å². The second-order valence-electron chi connectivity index (χ2n) is 2.03. The minimum Gasteiger partial charge on any atom is -0.491 e. The summed E-state index contributed by atoms with van der Waals surface area (Å²) in [6, 6.07) is 0. The highest BCUT2D eigenvalue weighted by molar-refractivity contribution is 5.10. The second-order valence-corrected chi connectivity index (χ2v) is 2.03. The Morgan fingerprint density at radius 1 is 1.88 bits per heavy atom. The van der Waals surface area contributed by atoms with Crippen molar-refractivity contribution in [3.8, 4) is 0 Å². The van der Waals surface area contributed by atoms with E-state index in [1.54, 1.807) is 0 Å². The zero-order valence-electron chi connectivity index (χ0n) is 5.05. The van der Waals surface area contributed by atoms with Crippen molar-refractivity contribution in [1.82, 2.24) is 0 Å². The van der Waals surface area contributed by atoms with Crippen LogP contribution in [0.2, 0.25) is 0 Å². The Morgan fingerprint density at radius 3 is 3.00 bits per heavy atom. The zero-order chi connectivity index (χ0) is 5.98. The quantitative estimate of drug-likeness (QED) is 0.462. The standard InChI is InChI=1S/C7H10O/c1-6-4-3-5-7(2)8-6/h3-4,7H,1,5H2,2H3. The monoisotopic (exact) mass is 110 g/mol. The van der Waals surface area contributed by atoms with Crippen LogP contribution in [0.4, 0.5) is 0 Å². The summed E-state index contributed by atoms with van der Waals surface area (Å²) in [5.41, 5.74) is 0. The van der Waals surface area contributed by atoms with Gasteiger partial charge in [-0.25, -0.2) is 0 Å². The van der Waals surface area contributed by atoms with Gasteiger partial charge in [-0.2, -0.15) is 0 Å². The molecular formula is C7H10O. The van der Waals surface area contributed by atoms with Crippen LogP contribution in [0.5, 0.6) is 0 Å². The molecule has 0 spiro atoms. The second kappa shape index (κ2) is 2.03. The summed E-state index contributed by atoms with van der Waals surface area (Å²) in [5.74, 6) is 0.781. The third-order valence-electron chi connectivity index (χ3n) is 1.12. The molecule has 44 valence electrons. The van der Waals surface area contributed by atoms with E-state index in [9.17, 15) is 0 Å². The van der Waals surface area contributed by atoms with E-state index in [1.807, 2.05) is 13.0 Å². The molecule has 0 saturated carbocycles. The lowest BCUT2D eigenvalue weighted by Crippen LogP contribution is -2.08. The Morgan fingerprint density at radius 2 is 2.62 bits per heavy atom. The first-order valence-electron chi connectivity index (χ1n) is 2.81. The van der Waals surface area contributed by atoms with Gasteiger partial charge < -0.3 is 4.74 Å². The molecule has 1 atom stereocenters. The number of allylic oxidation sites excluding steroid dienone is 1. The zero-order valence-corrected chi connectivity index (χ0v) is 5.05. The molecule has 0 fully saturated rings. The maximum atomic E-state index is 5.20. The van der Waals surface area contributed by atoms with E-state index in [1.165, 1.54) is 0 Å². The number of hydrogen-bond acceptors (Lipinski definition) is 1. The maximum Gasteiger partial charge on any atom is 0.112 e. The summed E-state index contributed by atoms with van der Waals surface area (Å²) >= 11 is 0. The number of ether oxygens (including phenoxy) is 1. The predicted molar refractivity (Wildman–Crippen MR) is 33.4 cm³/mol. The van der Waals surface area contributed by atoms with E-state index in [4.69, 9.17) is 4.74 Å². The van der Waals surface area contributed by atoms with Gasteiger partial charge in [0, 0.05) is 6.42 Å². The average Bonchev–Trinajstić information content (AvgIpc) is 1.64. The molecule has 0 saturated heterocycles. The van der Waals surface area contributed by atoms with Crippen molar-refractivity contribution in [3.63, 3.8) is 0 Å². The minimum absolute atomic E-state index is 0.326. The van der Waals surface area contributed by atoms with Crippen molar-refractivity contribution in [2.75, 3.05) is 0 Å². The van der Waals surface area contributed by atoms with E-state index in [0.717, 1.165) is 12.2 Å². The first kappa shape index (κ1) is 5.42. The molecule has 1 aliphatic heterocycles. The molecule has 1 heterocycles. The van der Waals surface area contributed by atoms with E-state index in [0.29, 0.717) is 6.10 Å². The van der Waals surface area contributed by atoms with Crippen molar-refractivity contribution in [2.45, 2.75) is 19.4 Å². The van der Waals surface area contributed by atoms with Gasteiger partial charge in [0.1, 0.15) is 5.76 Å². The molecule has 0 radical (unpaired) electrons. The lowest BCUT2D eigenvalue weighted by atomic mass is 10.2. The molecule has 1 aliphatic rings. The highest BCUT2D eigenvalue weighted by Gasteiger charge is 2.04. The average molecular weight is 110 g/mol. The topological polar surface area (TPSA) is 9.23 Å². The first-order valence-corrected chi connectivity index (χ1v) is 2.81. The van der Waals surface area contributed by atoms with Crippen LogP contribution in [0, 0.1) is 0 Å². The molecule has 0 aromatic carbocycles. The summed E-state index contributed by atoms with van der Waals surface area (Å²) in [7, 11) is 0. The summed E-state index contributed by atoms with van der Waals surface area (Å²) in [6.45, 7) is 5.69. The fourth-order valence-electron chi connectivity index (χ4n) is 0.737. The SMILES string of the molecule is C=C1C=CCC(C)O1. The van der Waals surface area contributed by atoms with Gasteiger partial charge in [0.05, 0.1) is 6.10 Å². The van der Waals surface area contributed by atoms with Crippen molar-refractivity contribution < 1.29 is 4.74 Å². The lowest BCUT2D eigenvalue weighted by molar-refractivity contribution is 0.137. The van der Waals surface area contributed by atoms with Gasteiger partial charge in [-0.3, -0.25) is 0 Å².